The molecule has 3 aliphatic rings. The molecule has 4 nitrogen and oxygen atoms in total. The van der Waals surface area contributed by atoms with Crippen LogP contribution in [-0.4, -0.2) is 16.4 Å². The molecular weight excluding hydrogens is 274 g/mol. The van der Waals surface area contributed by atoms with Crippen molar-refractivity contribution >= 4 is 11.7 Å². The third-order valence-electron chi connectivity index (χ3n) is 3.52. The van der Waals surface area contributed by atoms with Crippen molar-refractivity contribution in [2.45, 2.75) is 25.8 Å². The number of nitrogens with one attached hydrogen (secondary N) is 1. The highest BCUT2D eigenvalue weighted by Crippen LogP contribution is 2.32. The standard InChI is InChI=1S/C12H13N3O.C6H4/c1-4-9-6-5-7-13-11(9)15-10(16)8-12(2,3)14-15;1-2-5-4-6(5)3-1/h1,5-7,14H,8H2,2-3H3;1-4H. The molecule has 0 saturated carbocycles. The third-order valence-corrected chi connectivity index (χ3v) is 3.52. The second-order valence-corrected chi connectivity index (χ2v) is 6.00. The van der Waals surface area contributed by atoms with Gasteiger partial charge in [0.15, 0.2) is 5.82 Å². The van der Waals surface area contributed by atoms with Crippen molar-refractivity contribution in [2.75, 3.05) is 5.01 Å². The van der Waals surface area contributed by atoms with Crippen LogP contribution in [0.3, 0.4) is 0 Å². The van der Waals surface area contributed by atoms with Gasteiger partial charge in [0.2, 0.25) is 5.91 Å². The fourth-order valence-corrected chi connectivity index (χ4v) is 2.40. The van der Waals surface area contributed by atoms with Gasteiger partial charge in [-0.15, -0.1) is 6.42 Å². The second-order valence-electron chi connectivity index (χ2n) is 6.00. The fourth-order valence-electron chi connectivity index (χ4n) is 2.40. The lowest BCUT2D eigenvalue weighted by Crippen LogP contribution is -2.43. The highest BCUT2D eigenvalue weighted by atomic mass is 16.2. The van der Waals surface area contributed by atoms with Gasteiger partial charge in [0.1, 0.15) is 0 Å². The molecule has 1 amide bonds. The van der Waals surface area contributed by atoms with Gasteiger partial charge in [-0.25, -0.2) is 15.4 Å². The maximum atomic E-state index is 11.8. The van der Waals surface area contributed by atoms with Crippen LogP contribution in [0.2, 0.25) is 0 Å². The van der Waals surface area contributed by atoms with Gasteiger partial charge < -0.3 is 0 Å². The average molecular weight is 291 g/mol. The zero-order valence-electron chi connectivity index (χ0n) is 12.6. The van der Waals surface area contributed by atoms with Crippen molar-refractivity contribution in [3.05, 3.63) is 48.2 Å². The molecule has 0 unspecified atom stereocenters. The molecule has 1 N–H and O–H groups in total. The summed E-state index contributed by atoms with van der Waals surface area (Å²) in [7, 11) is 0. The first-order valence-electron chi connectivity index (χ1n) is 7.13. The lowest BCUT2D eigenvalue weighted by molar-refractivity contribution is -0.117. The Morgan fingerprint density at radius 1 is 1.27 bits per heavy atom. The van der Waals surface area contributed by atoms with Crippen LogP contribution in [0.1, 0.15) is 25.8 Å². The lowest BCUT2D eigenvalue weighted by Gasteiger charge is -2.21. The SMILES string of the molecule is C#Cc1cccnc1N1NC(C)(C)CC1=O.c1cc2cc-2c1. The number of aromatic nitrogens is 1. The number of carbonyl (C=O) groups is 1. The summed E-state index contributed by atoms with van der Waals surface area (Å²) in [6, 6.07) is 12.0. The van der Waals surface area contributed by atoms with Crippen LogP contribution >= 0.6 is 0 Å². The summed E-state index contributed by atoms with van der Waals surface area (Å²) in [5.74, 6) is 3.01. The molecule has 1 aromatic heterocycles. The van der Waals surface area contributed by atoms with Gasteiger partial charge >= 0.3 is 0 Å². The normalized spacial score (nSPS) is 16.6. The fraction of sp³-hybridized carbons (Fsp3) is 0.222. The number of carbonyl (C=O) groups excluding carboxylic acids is 1. The Hall–Kier alpha value is -2.64. The van der Waals surface area contributed by atoms with Gasteiger partial charge in [-0.3, -0.25) is 4.79 Å². The zero-order chi connectivity index (χ0) is 15.7. The van der Waals surface area contributed by atoms with Crippen molar-refractivity contribution in [3.63, 3.8) is 0 Å². The van der Waals surface area contributed by atoms with Crippen LogP contribution in [0.25, 0.3) is 11.1 Å². The van der Waals surface area contributed by atoms with E-state index in [-0.39, 0.29) is 11.4 Å². The van der Waals surface area contributed by atoms with Crippen molar-refractivity contribution in [1.29, 1.82) is 0 Å². The first-order chi connectivity index (χ1) is 10.5. The summed E-state index contributed by atoms with van der Waals surface area (Å²) in [6.45, 7) is 3.92. The van der Waals surface area contributed by atoms with E-state index in [2.05, 4.69) is 40.6 Å². The molecule has 0 bridgehead atoms. The highest BCUT2D eigenvalue weighted by molar-refractivity contribution is 5.95. The molecule has 0 aromatic carbocycles. The molecule has 0 radical (unpaired) electrons. The number of benzene rings is 1. The molecule has 1 aliphatic heterocycles. The largest absolute Gasteiger partial charge is 0.273 e. The van der Waals surface area contributed by atoms with Crippen molar-refractivity contribution < 1.29 is 4.79 Å². The van der Waals surface area contributed by atoms with E-state index in [1.165, 1.54) is 16.1 Å². The number of hydrazine groups is 1. The molecule has 2 heterocycles. The maximum absolute atomic E-state index is 11.8. The van der Waals surface area contributed by atoms with Gasteiger partial charge in [-0.05, 0) is 43.2 Å². The molecule has 110 valence electrons. The van der Waals surface area contributed by atoms with Crippen LogP contribution in [0, 0.1) is 12.3 Å². The van der Waals surface area contributed by atoms with E-state index in [1.54, 1.807) is 18.3 Å². The van der Waals surface area contributed by atoms with Crippen LogP contribution in [0.5, 0.6) is 0 Å². The topological polar surface area (TPSA) is 45.2 Å². The van der Waals surface area contributed by atoms with Gasteiger partial charge in [-0.1, -0.05) is 24.1 Å². The summed E-state index contributed by atoms with van der Waals surface area (Å²) in [5.41, 5.74) is 6.31. The van der Waals surface area contributed by atoms with Crippen LogP contribution < -0.4 is 10.4 Å². The summed E-state index contributed by atoms with van der Waals surface area (Å²) >= 11 is 0. The zero-order valence-corrected chi connectivity index (χ0v) is 12.6. The molecule has 0 atom stereocenters. The molecule has 1 saturated heterocycles. The minimum Gasteiger partial charge on any atom is -0.273 e. The Bertz CT molecular complexity index is 757. The molecular formula is C18H17N3O. The van der Waals surface area contributed by atoms with Crippen molar-refractivity contribution in [1.82, 2.24) is 10.4 Å². The summed E-state index contributed by atoms with van der Waals surface area (Å²) in [5, 5.41) is 1.44. The van der Waals surface area contributed by atoms with E-state index < -0.39 is 0 Å². The minimum absolute atomic E-state index is 0.0137. The van der Waals surface area contributed by atoms with E-state index >= 15 is 0 Å². The molecule has 1 aromatic rings. The van der Waals surface area contributed by atoms with Gasteiger partial charge in [0, 0.05) is 18.2 Å². The number of fused-ring (bicyclic) bond motifs is 1. The first-order valence-corrected chi connectivity index (χ1v) is 7.13. The van der Waals surface area contributed by atoms with Crippen LogP contribution in [-0.2, 0) is 4.79 Å². The minimum atomic E-state index is -0.250. The molecule has 4 heteroatoms. The Labute approximate surface area is 130 Å². The van der Waals surface area contributed by atoms with Crippen molar-refractivity contribution in [2.24, 2.45) is 0 Å². The molecule has 2 aliphatic carbocycles. The number of amides is 1. The maximum Gasteiger partial charge on any atom is 0.244 e. The number of nitrogens with zero attached hydrogens (tertiary/aromatic N) is 2. The van der Waals surface area contributed by atoms with E-state index in [9.17, 15) is 4.79 Å². The predicted octanol–water partition coefficient (Wildman–Crippen LogP) is 2.75. The number of hydrogen-bond acceptors (Lipinski definition) is 3. The average Bonchev–Trinajstić information content (AvgIpc) is 2.98. The quantitative estimate of drug-likeness (QED) is 0.701. The molecule has 0 spiro atoms. The van der Waals surface area contributed by atoms with Crippen LogP contribution in [0.15, 0.2) is 42.6 Å². The number of rotatable bonds is 1. The van der Waals surface area contributed by atoms with Gasteiger partial charge in [0.05, 0.1) is 5.56 Å². The summed E-state index contributed by atoms with van der Waals surface area (Å²) in [6.07, 6.45) is 7.44. The Balaban J connectivity index is 0.000000196. The van der Waals surface area contributed by atoms with E-state index in [4.69, 9.17) is 6.42 Å². The Kier molecular flexibility index (Phi) is 3.44. The van der Waals surface area contributed by atoms with E-state index in [1.807, 2.05) is 13.8 Å². The van der Waals surface area contributed by atoms with Gasteiger partial charge in [0.25, 0.3) is 0 Å². The highest BCUT2D eigenvalue weighted by Gasteiger charge is 2.37. The van der Waals surface area contributed by atoms with Gasteiger partial charge in [-0.2, -0.15) is 0 Å². The number of terminal acetylenes is 1. The number of anilines is 1. The van der Waals surface area contributed by atoms with E-state index in [0.717, 1.165) is 0 Å². The van der Waals surface area contributed by atoms with Crippen LogP contribution in [0.4, 0.5) is 5.82 Å². The number of pyridine rings is 1. The third kappa shape index (κ3) is 2.85. The van der Waals surface area contributed by atoms with E-state index in [0.29, 0.717) is 17.8 Å². The smallest absolute Gasteiger partial charge is 0.244 e. The Morgan fingerprint density at radius 2 is 2.00 bits per heavy atom. The summed E-state index contributed by atoms with van der Waals surface area (Å²) < 4.78 is 0. The molecule has 22 heavy (non-hydrogen) atoms. The molecule has 1 fully saturated rings. The molecule has 4 rings (SSSR count). The second kappa shape index (κ2) is 5.28. The van der Waals surface area contributed by atoms with Crippen molar-refractivity contribution in [3.8, 4) is 23.5 Å². The first kappa shape index (κ1) is 14.3. The Morgan fingerprint density at radius 3 is 2.45 bits per heavy atom. The number of hydrogen-bond donors (Lipinski definition) is 1. The summed E-state index contributed by atoms with van der Waals surface area (Å²) in [4.78, 5) is 16.0. The monoisotopic (exact) mass is 291 g/mol. The lowest BCUT2D eigenvalue weighted by atomic mass is 10.0. The predicted molar refractivity (Wildman–Crippen MR) is 86.9 cm³/mol.